The second-order valence-corrected chi connectivity index (χ2v) is 11.6. The Balaban J connectivity index is 0.000000395. The van der Waals surface area contributed by atoms with Crippen molar-refractivity contribution in [3.63, 3.8) is 0 Å². The summed E-state index contributed by atoms with van der Waals surface area (Å²) < 4.78 is 24.7. The van der Waals surface area contributed by atoms with Crippen molar-refractivity contribution in [3.8, 4) is 0 Å². The first-order valence-corrected chi connectivity index (χ1v) is 12.8. The summed E-state index contributed by atoms with van der Waals surface area (Å²) in [4.78, 5) is 57.4. The molecule has 0 heterocycles. The number of carbonyl (C=O) groups excluding carboxylic acids is 5. The van der Waals surface area contributed by atoms with E-state index in [9.17, 15) is 29.1 Å². The molecule has 39 heavy (non-hydrogen) atoms. The van der Waals surface area contributed by atoms with E-state index < -0.39 is 59.6 Å². The number of hydrogen-bond acceptors (Lipinski definition) is 11. The number of ether oxygens (including phenoxy) is 5. The number of esters is 3. The van der Waals surface area contributed by atoms with Crippen LogP contribution in [0.5, 0.6) is 0 Å². The number of rotatable bonds is 5. The fourth-order valence-electron chi connectivity index (χ4n) is 4.30. The van der Waals surface area contributed by atoms with Crippen LogP contribution in [-0.2, 0) is 38.1 Å². The summed E-state index contributed by atoms with van der Waals surface area (Å²) in [6, 6.07) is -0.934. The number of nitrogens with one attached hydrogen (secondary N) is 2. The molecule has 2 amide bonds. The number of amides is 2. The highest BCUT2D eigenvalue weighted by atomic mass is 16.6. The molecule has 0 aromatic rings. The molecule has 2 saturated carbocycles. The fourth-order valence-corrected chi connectivity index (χ4v) is 4.30. The predicted octanol–water partition coefficient (Wildman–Crippen LogP) is 2.22. The fraction of sp³-hybridized carbons (Fsp3) is 0.808. The molecule has 13 heteroatoms. The van der Waals surface area contributed by atoms with Crippen LogP contribution >= 0.6 is 0 Å². The summed E-state index contributed by atoms with van der Waals surface area (Å²) in [6.07, 6.45) is -1.15. The van der Waals surface area contributed by atoms with Crippen molar-refractivity contribution in [3.05, 3.63) is 0 Å². The molecule has 6 atom stereocenters. The molecular weight excluding hydrogens is 516 g/mol. The minimum absolute atomic E-state index is 0.299. The lowest BCUT2D eigenvalue weighted by molar-refractivity contribution is -0.149. The van der Waals surface area contributed by atoms with E-state index >= 15 is 0 Å². The molecule has 13 nitrogen and oxygen atoms in total. The minimum Gasteiger partial charge on any atom is -0.469 e. The van der Waals surface area contributed by atoms with E-state index in [1.54, 1.807) is 41.5 Å². The smallest absolute Gasteiger partial charge is 0.408 e. The third-order valence-electron chi connectivity index (χ3n) is 5.82. The van der Waals surface area contributed by atoms with Gasteiger partial charge >= 0.3 is 30.1 Å². The Morgan fingerprint density at radius 1 is 0.692 bits per heavy atom. The third-order valence-corrected chi connectivity index (χ3v) is 5.82. The summed E-state index contributed by atoms with van der Waals surface area (Å²) in [5, 5.41) is 15.0. The van der Waals surface area contributed by atoms with Crippen LogP contribution in [0.2, 0.25) is 0 Å². The Morgan fingerprint density at radius 3 is 1.51 bits per heavy atom. The Labute approximate surface area is 229 Å². The van der Waals surface area contributed by atoms with Crippen molar-refractivity contribution in [1.29, 1.82) is 0 Å². The SMILES string of the molecule is COC(=O)[C@@H]1C[C@H](NC(=O)OC(C)(C)C)[C@@H](OC(C)=O)C1.COC(=O)[C@H]1C[C@@H](O)[C@@H](NC(=O)OC(C)(C)C)C1. The van der Waals surface area contributed by atoms with E-state index in [1.807, 2.05) is 0 Å². The zero-order valence-electron chi connectivity index (χ0n) is 24.3. The zero-order valence-corrected chi connectivity index (χ0v) is 24.3. The molecule has 0 unspecified atom stereocenters. The van der Waals surface area contributed by atoms with Crippen LogP contribution in [0.3, 0.4) is 0 Å². The summed E-state index contributed by atoms with van der Waals surface area (Å²) in [5.41, 5.74) is -1.21. The maximum absolute atomic E-state index is 11.8. The Kier molecular flexibility index (Phi) is 12.5. The van der Waals surface area contributed by atoms with Gasteiger partial charge in [-0.1, -0.05) is 0 Å². The molecule has 0 aliphatic heterocycles. The first kappa shape index (κ1) is 33.9. The van der Waals surface area contributed by atoms with Crippen molar-refractivity contribution >= 4 is 30.1 Å². The van der Waals surface area contributed by atoms with Crippen LogP contribution in [0.15, 0.2) is 0 Å². The standard InChI is InChI=1S/C14H23NO6.C12H21NO5/c1-8(16)20-11-7-9(12(17)19-5)6-10(11)15-13(18)21-14(2,3)4;1-12(2,3)18-11(16)13-8-5-7(6-9(8)14)10(15)17-4/h9-11H,6-7H2,1-5H3,(H,15,18);7-9,14H,5-6H2,1-4H3,(H,13,16)/t9-,10+,11+;7-,8+,9-/m11/s1. The van der Waals surface area contributed by atoms with Crippen LogP contribution in [0.4, 0.5) is 9.59 Å². The molecule has 2 aliphatic carbocycles. The van der Waals surface area contributed by atoms with Gasteiger partial charge in [0.05, 0.1) is 44.2 Å². The lowest BCUT2D eigenvalue weighted by atomic mass is 10.1. The van der Waals surface area contributed by atoms with Gasteiger partial charge in [0.25, 0.3) is 0 Å². The van der Waals surface area contributed by atoms with Crippen LogP contribution in [0.25, 0.3) is 0 Å². The van der Waals surface area contributed by atoms with E-state index in [1.165, 1.54) is 21.1 Å². The summed E-state index contributed by atoms with van der Waals surface area (Å²) in [5.74, 6) is -1.96. The van der Waals surface area contributed by atoms with E-state index in [0.717, 1.165) is 0 Å². The van der Waals surface area contributed by atoms with Gasteiger partial charge < -0.3 is 39.4 Å². The number of aliphatic hydroxyl groups is 1. The second kappa shape index (κ2) is 14.3. The lowest BCUT2D eigenvalue weighted by Gasteiger charge is -2.24. The number of alkyl carbamates (subject to hydrolysis) is 2. The maximum Gasteiger partial charge on any atom is 0.408 e. The van der Waals surface area contributed by atoms with Crippen molar-refractivity contribution in [2.24, 2.45) is 11.8 Å². The average molecular weight is 561 g/mol. The summed E-state index contributed by atoms with van der Waals surface area (Å²) in [7, 11) is 2.61. The van der Waals surface area contributed by atoms with Gasteiger partial charge in [0.1, 0.15) is 17.3 Å². The molecule has 0 aromatic heterocycles. The van der Waals surface area contributed by atoms with Crippen LogP contribution < -0.4 is 10.6 Å². The van der Waals surface area contributed by atoms with E-state index in [0.29, 0.717) is 25.7 Å². The summed E-state index contributed by atoms with van der Waals surface area (Å²) in [6.45, 7) is 11.8. The molecule has 3 N–H and O–H groups in total. The molecule has 2 aliphatic rings. The first-order chi connectivity index (χ1) is 17.8. The molecule has 2 rings (SSSR count). The van der Waals surface area contributed by atoms with Gasteiger partial charge in [-0.25, -0.2) is 9.59 Å². The van der Waals surface area contributed by atoms with E-state index in [-0.39, 0.29) is 17.9 Å². The number of hydrogen-bond donors (Lipinski definition) is 3. The van der Waals surface area contributed by atoms with Crippen molar-refractivity contribution < 1.29 is 52.8 Å². The van der Waals surface area contributed by atoms with Crippen molar-refractivity contribution in [2.45, 2.75) is 110 Å². The first-order valence-electron chi connectivity index (χ1n) is 12.8. The molecule has 0 aromatic carbocycles. The highest BCUT2D eigenvalue weighted by Crippen LogP contribution is 2.30. The number of aliphatic hydroxyl groups excluding tert-OH is 1. The largest absolute Gasteiger partial charge is 0.469 e. The Morgan fingerprint density at radius 2 is 1.10 bits per heavy atom. The molecule has 0 bridgehead atoms. The Bertz CT molecular complexity index is 878. The van der Waals surface area contributed by atoms with Gasteiger partial charge in [-0.2, -0.15) is 0 Å². The molecule has 0 radical (unpaired) electrons. The zero-order chi connectivity index (χ0) is 30.1. The third kappa shape index (κ3) is 12.5. The van der Waals surface area contributed by atoms with Gasteiger partial charge in [0.2, 0.25) is 0 Å². The molecule has 2 fully saturated rings. The molecule has 224 valence electrons. The van der Waals surface area contributed by atoms with Gasteiger partial charge in [-0.15, -0.1) is 0 Å². The summed E-state index contributed by atoms with van der Waals surface area (Å²) >= 11 is 0. The number of methoxy groups -OCH3 is 2. The molecule has 0 spiro atoms. The van der Waals surface area contributed by atoms with Gasteiger partial charge in [0, 0.05) is 6.92 Å². The normalized spacial score (nSPS) is 26.3. The minimum atomic E-state index is -0.749. The highest BCUT2D eigenvalue weighted by Gasteiger charge is 2.42. The maximum atomic E-state index is 11.8. The quantitative estimate of drug-likeness (QED) is 0.332. The monoisotopic (exact) mass is 560 g/mol. The lowest BCUT2D eigenvalue weighted by Crippen LogP contribution is -2.44. The van der Waals surface area contributed by atoms with Crippen molar-refractivity contribution in [1.82, 2.24) is 10.6 Å². The number of carbonyl (C=O) groups is 5. The molecular formula is C26H44N2O11. The van der Waals surface area contributed by atoms with Crippen LogP contribution in [0, 0.1) is 11.8 Å². The second-order valence-electron chi connectivity index (χ2n) is 11.6. The van der Waals surface area contributed by atoms with E-state index in [4.69, 9.17) is 18.9 Å². The Hall–Kier alpha value is -3.09. The van der Waals surface area contributed by atoms with Gasteiger partial charge in [-0.3, -0.25) is 14.4 Å². The van der Waals surface area contributed by atoms with Crippen molar-refractivity contribution in [2.75, 3.05) is 14.2 Å². The van der Waals surface area contributed by atoms with E-state index in [2.05, 4.69) is 15.4 Å². The topological polar surface area (TPSA) is 176 Å². The molecule has 0 saturated heterocycles. The average Bonchev–Trinajstić information content (AvgIpc) is 3.33. The van der Waals surface area contributed by atoms with Gasteiger partial charge in [-0.05, 0) is 67.2 Å². The van der Waals surface area contributed by atoms with Crippen LogP contribution in [-0.4, -0.2) is 84.9 Å². The van der Waals surface area contributed by atoms with Gasteiger partial charge in [0.15, 0.2) is 0 Å². The van der Waals surface area contributed by atoms with Crippen LogP contribution in [0.1, 0.15) is 74.1 Å². The highest BCUT2D eigenvalue weighted by molar-refractivity contribution is 5.74. The predicted molar refractivity (Wildman–Crippen MR) is 137 cm³/mol.